The van der Waals surface area contributed by atoms with E-state index in [2.05, 4.69) is 29.3 Å². The molecule has 0 spiro atoms. The molecule has 0 atom stereocenters. The van der Waals surface area contributed by atoms with E-state index >= 15 is 0 Å². The smallest absolute Gasteiger partial charge is 0.224 e. The van der Waals surface area contributed by atoms with Crippen molar-refractivity contribution in [2.24, 2.45) is 0 Å². The van der Waals surface area contributed by atoms with E-state index in [0.717, 1.165) is 25.2 Å². The molecule has 0 radical (unpaired) electrons. The summed E-state index contributed by atoms with van der Waals surface area (Å²) in [4.78, 5) is 13.9. The lowest BCUT2D eigenvalue weighted by Gasteiger charge is -2.27. The van der Waals surface area contributed by atoms with Crippen LogP contribution in [0.25, 0.3) is 0 Å². The second-order valence-electron chi connectivity index (χ2n) is 5.06. The Kier molecular flexibility index (Phi) is 2.54. The number of nitrogens with zero attached hydrogens (tertiary/aromatic N) is 1. The summed E-state index contributed by atoms with van der Waals surface area (Å²) < 4.78 is 0. The first-order chi connectivity index (χ1) is 8.24. The fourth-order valence-electron chi connectivity index (χ4n) is 2.84. The van der Waals surface area contributed by atoms with Gasteiger partial charge in [0.25, 0.3) is 0 Å². The maximum absolute atomic E-state index is 11.5. The van der Waals surface area contributed by atoms with Gasteiger partial charge >= 0.3 is 0 Å². The number of anilines is 2. The van der Waals surface area contributed by atoms with Gasteiger partial charge < -0.3 is 10.2 Å². The molecule has 0 aliphatic carbocycles. The lowest BCUT2D eigenvalue weighted by Crippen LogP contribution is -2.25. The van der Waals surface area contributed by atoms with E-state index in [4.69, 9.17) is 0 Å². The lowest BCUT2D eigenvalue weighted by molar-refractivity contribution is -0.116. The third-order valence-electron chi connectivity index (χ3n) is 3.68. The van der Waals surface area contributed by atoms with Gasteiger partial charge in [-0.1, -0.05) is 6.07 Å². The maximum Gasteiger partial charge on any atom is 0.224 e. The van der Waals surface area contributed by atoms with Crippen molar-refractivity contribution in [3.05, 3.63) is 23.3 Å². The summed E-state index contributed by atoms with van der Waals surface area (Å²) in [6.45, 7) is 4.37. The number of carbonyl (C=O) groups excluding carboxylic acids is 1. The lowest BCUT2D eigenvalue weighted by atomic mass is 9.99. The van der Waals surface area contributed by atoms with E-state index < -0.39 is 0 Å². The number of aryl methyl sites for hydroxylation is 2. The zero-order valence-electron chi connectivity index (χ0n) is 10.3. The molecule has 3 rings (SSSR count). The SMILES string of the molecule is Cc1cc2c(c(N3CCCC3)c1)NC(=O)CC2. The number of nitrogens with one attached hydrogen (secondary N) is 1. The maximum atomic E-state index is 11.5. The van der Waals surface area contributed by atoms with Crippen LogP contribution in [0.1, 0.15) is 30.4 Å². The Labute approximate surface area is 102 Å². The van der Waals surface area contributed by atoms with Crippen molar-refractivity contribution in [2.45, 2.75) is 32.6 Å². The van der Waals surface area contributed by atoms with Gasteiger partial charge in [-0.05, 0) is 43.4 Å². The van der Waals surface area contributed by atoms with Gasteiger partial charge in [0.1, 0.15) is 0 Å². The summed E-state index contributed by atoms with van der Waals surface area (Å²) in [7, 11) is 0. The molecule has 17 heavy (non-hydrogen) atoms. The molecule has 1 amide bonds. The van der Waals surface area contributed by atoms with Crippen LogP contribution in [-0.2, 0) is 11.2 Å². The molecule has 3 nitrogen and oxygen atoms in total. The molecule has 0 aromatic heterocycles. The number of amides is 1. The molecule has 1 aromatic rings. The van der Waals surface area contributed by atoms with E-state index in [1.54, 1.807) is 0 Å². The van der Waals surface area contributed by atoms with Crippen LogP contribution in [0.15, 0.2) is 12.1 Å². The van der Waals surface area contributed by atoms with Gasteiger partial charge in [0.05, 0.1) is 11.4 Å². The van der Waals surface area contributed by atoms with Gasteiger partial charge in [0, 0.05) is 19.5 Å². The minimum Gasteiger partial charge on any atom is -0.370 e. The van der Waals surface area contributed by atoms with Gasteiger partial charge in [-0.3, -0.25) is 4.79 Å². The van der Waals surface area contributed by atoms with Crippen LogP contribution in [0.2, 0.25) is 0 Å². The van der Waals surface area contributed by atoms with Crippen LogP contribution < -0.4 is 10.2 Å². The van der Waals surface area contributed by atoms with Crippen LogP contribution in [0.4, 0.5) is 11.4 Å². The highest BCUT2D eigenvalue weighted by Crippen LogP contribution is 2.36. The molecule has 1 aromatic carbocycles. The highest BCUT2D eigenvalue weighted by atomic mass is 16.1. The first-order valence-corrected chi connectivity index (χ1v) is 6.42. The summed E-state index contributed by atoms with van der Waals surface area (Å²) in [5, 5.41) is 3.05. The van der Waals surface area contributed by atoms with Gasteiger partial charge in [-0.2, -0.15) is 0 Å². The first kappa shape index (κ1) is 10.6. The summed E-state index contributed by atoms with van der Waals surface area (Å²) in [5.41, 5.74) is 4.88. The normalized spacial score (nSPS) is 19.1. The van der Waals surface area contributed by atoms with Gasteiger partial charge in [-0.15, -0.1) is 0 Å². The number of hydrogen-bond acceptors (Lipinski definition) is 2. The van der Waals surface area contributed by atoms with Crippen molar-refractivity contribution in [1.82, 2.24) is 0 Å². The average molecular weight is 230 g/mol. The van der Waals surface area contributed by atoms with Gasteiger partial charge in [0.15, 0.2) is 0 Å². The number of benzene rings is 1. The molecular formula is C14H18N2O. The standard InChI is InChI=1S/C14H18N2O/c1-10-8-11-4-5-13(17)15-14(11)12(9-10)16-6-2-3-7-16/h8-9H,2-7H2,1H3,(H,15,17). The fraction of sp³-hybridized carbons (Fsp3) is 0.500. The second kappa shape index (κ2) is 4.06. The second-order valence-corrected chi connectivity index (χ2v) is 5.06. The average Bonchev–Trinajstić information content (AvgIpc) is 2.82. The molecule has 0 bridgehead atoms. The van der Waals surface area contributed by atoms with E-state index in [1.807, 2.05) is 0 Å². The Morgan fingerprint density at radius 3 is 2.71 bits per heavy atom. The van der Waals surface area contributed by atoms with Gasteiger partial charge in [0.2, 0.25) is 5.91 Å². The van der Waals surface area contributed by atoms with Gasteiger partial charge in [-0.25, -0.2) is 0 Å². The topological polar surface area (TPSA) is 32.3 Å². The van der Waals surface area contributed by atoms with E-state index in [1.165, 1.54) is 29.7 Å². The van der Waals surface area contributed by atoms with Crippen LogP contribution >= 0.6 is 0 Å². The van der Waals surface area contributed by atoms with Crippen molar-refractivity contribution in [3.63, 3.8) is 0 Å². The minimum atomic E-state index is 0.154. The molecule has 3 heteroatoms. The molecule has 0 unspecified atom stereocenters. The van der Waals surface area contributed by atoms with Crippen molar-refractivity contribution in [1.29, 1.82) is 0 Å². The molecule has 1 fully saturated rings. The van der Waals surface area contributed by atoms with Crippen LogP contribution in [0.5, 0.6) is 0 Å². The molecular weight excluding hydrogens is 212 g/mol. The Balaban J connectivity index is 2.06. The van der Waals surface area contributed by atoms with Crippen molar-refractivity contribution in [2.75, 3.05) is 23.3 Å². The molecule has 1 N–H and O–H groups in total. The third kappa shape index (κ3) is 1.90. The molecule has 90 valence electrons. The number of hydrogen-bond donors (Lipinski definition) is 1. The summed E-state index contributed by atoms with van der Waals surface area (Å²) in [6.07, 6.45) is 4.02. The predicted octanol–water partition coefficient (Wildman–Crippen LogP) is 2.48. The van der Waals surface area contributed by atoms with E-state index in [9.17, 15) is 4.79 Å². The Bertz CT molecular complexity index is 462. The monoisotopic (exact) mass is 230 g/mol. The van der Waals surface area contributed by atoms with Crippen LogP contribution in [-0.4, -0.2) is 19.0 Å². The summed E-state index contributed by atoms with van der Waals surface area (Å²) in [6, 6.07) is 4.41. The van der Waals surface area contributed by atoms with Crippen LogP contribution in [0, 0.1) is 6.92 Å². The highest BCUT2D eigenvalue weighted by Gasteiger charge is 2.22. The van der Waals surface area contributed by atoms with E-state index in [-0.39, 0.29) is 5.91 Å². The largest absolute Gasteiger partial charge is 0.370 e. The first-order valence-electron chi connectivity index (χ1n) is 6.42. The quantitative estimate of drug-likeness (QED) is 0.804. The fourth-order valence-corrected chi connectivity index (χ4v) is 2.84. The third-order valence-corrected chi connectivity index (χ3v) is 3.68. The van der Waals surface area contributed by atoms with E-state index in [0.29, 0.717) is 6.42 Å². The Hall–Kier alpha value is -1.51. The number of carbonyl (C=O) groups is 1. The molecule has 0 saturated carbocycles. The molecule has 2 heterocycles. The predicted molar refractivity (Wildman–Crippen MR) is 69.6 cm³/mol. The summed E-state index contributed by atoms with van der Waals surface area (Å²) in [5.74, 6) is 0.154. The zero-order chi connectivity index (χ0) is 11.8. The van der Waals surface area contributed by atoms with Crippen molar-refractivity contribution >= 4 is 17.3 Å². The molecule has 1 saturated heterocycles. The molecule has 2 aliphatic rings. The summed E-state index contributed by atoms with van der Waals surface area (Å²) >= 11 is 0. The number of fused-ring (bicyclic) bond motifs is 1. The van der Waals surface area contributed by atoms with Crippen molar-refractivity contribution in [3.8, 4) is 0 Å². The zero-order valence-corrected chi connectivity index (χ0v) is 10.3. The Morgan fingerprint density at radius 2 is 1.94 bits per heavy atom. The Morgan fingerprint density at radius 1 is 1.18 bits per heavy atom. The minimum absolute atomic E-state index is 0.154. The van der Waals surface area contributed by atoms with Crippen molar-refractivity contribution < 1.29 is 4.79 Å². The highest BCUT2D eigenvalue weighted by molar-refractivity contribution is 5.98. The molecule has 2 aliphatic heterocycles. The number of rotatable bonds is 1. The van der Waals surface area contributed by atoms with Crippen LogP contribution in [0.3, 0.4) is 0 Å².